The SMILES string of the molecule is COc1ccc(C)cc1C(O)CN1CCCC1C(C)C. The highest BCUT2D eigenvalue weighted by Gasteiger charge is 2.29. The van der Waals surface area contributed by atoms with E-state index in [4.69, 9.17) is 4.74 Å². The van der Waals surface area contributed by atoms with E-state index in [2.05, 4.69) is 18.7 Å². The number of benzene rings is 1. The molecule has 20 heavy (non-hydrogen) atoms. The van der Waals surface area contributed by atoms with Crippen LogP contribution >= 0.6 is 0 Å². The lowest BCUT2D eigenvalue weighted by Gasteiger charge is -2.30. The molecule has 3 nitrogen and oxygen atoms in total. The van der Waals surface area contributed by atoms with Crippen molar-refractivity contribution >= 4 is 0 Å². The van der Waals surface area contributed by atoms with Crippen molar-refractivity contribution in [2.75, 3.05) is 20.2 Å². The van der Waals surface area contributed by atoms with Crippen molar-refractivity contribution in [3.63, 3.8) is 0 Å². The number of aliphatic hydroxyl groups is 1. The molecule has 1 aromatic rings. The molecule has 2 unspecified atom stereocenters. The highest BCUT2D eigenvalue weighted by atomic mass is 16.5. The van der Waals surface area contributed by atoms with Crippen LogP contribution in [-0.4, -0.2) is 36.2 Å². The van der Waals surface area contributed by atoms with Crippen LogP contribution in [0.3, 0.4) is 0 Å². The number of methoxy groups -OCH3 is 1. The summed E-state index contributed by atoms with van der Waals surface area (Å²) < 4.78 is 5.38. The summed E-state index contributed by atoms with van der Waals surface area (Å²) in [6.45, 7) is 8.37. The number of hydrogen-bond acceptors (Lipinski definition) is 3. The zero-order chi connectivity index (χ0) is 14.7. The van der Waals surface area contributed by atoms with E-state index in [9.17, 15) is 5.11 Å². The summed E-state index contributed by atoms with van der Waals surface area (Å²) in [5.74, 6) is 1.42. The van der Waals surface area contributed by atoms with Gasteiger partial charge in [0.25, 0.3) is 0 Å². The Morgan fingerprint density at radius 1 is 1.40 bits per heavy atom. The summed E-state index contributed by atoms with van der Waals surface area (Å²) in [6, 6.07) is 6.59. The van der Waals surface area contributed by atoms with Gasteiger partial charge in [-0.3, -0.25) is 4.90 Å². The maximum absolute atomic E-state index is 10.6. The molecule has 0 amide bonds. The van der Waals surface area contributed by atoms with Gasteiger partial charge in [-0.25, -0.2) is 0 Å². The van der Waals surface area contributed by atoms with Crippen LogP contribution in [0.1, 0.15) is 43.9 Å². The molecule has 1 saturated heterocycles. The molecule has 1 fully saturated rings. The Morgan fingerprint density at radius 2 is 2.15 bits per heavy atom. The predicted molar refractivity (Wildman–Crippen MR) is 82.1 cm³/mol. The molecule has 2 rings (SSSR count). The molecule has 3 heteroatoms. The van der Waals surface area contributed by atoms with E-state index < -0.39 is 6.10 Å². The number of β-amino-alcohol motifs (C(OH)–C–C–N with tert-alkyl or cyclic N) is 1. The van der Waals surface area contributed by atoms with Crippen molar-refractivity contribution in [3.8, 4) is 5.75 Å². The van der Waals surface area contributed by atoms with Crippen LogP contribution in [0, 0.1) is 12.8 Å². The third-order valence-electron chi connectivity index (χ3n) is 4.34. The highest BCUT2D eigenvalue weighted by Crippen LogP contribution is 2.30. The van der Waals surface area contributed by atoms with Gasteiger partial charge in [-0.15, -0.1) is 0 Å². The maximum Gasteiger partial charge on any atom is 0.124 e. The fourth-order valence-corrected chi connectivity index (χ4v) is 3.27. The van der Waals surface area contributed by atoms with Gasteiger partial charge in [0.2, 0.25) is 0 Å². The van der Waals surface area contributed by atoms with Crippen molar-refractivity contribution in [3.05, 3.63) is 29.3 Å². The lowest BCUT2D eigenvalue weighted by atomic mass is 10.0. The second kappa shape index (κ2) is 6.59. The third-order valence-corrected chi connectivity index (χ3v) is 4.34. The molecule has 112 valence electrons. The second-order valence-corrected chi connectivity index (χ2v) is 6.21. The average molecular weight is 277 g/mol. The normalized spacial score (nSPS) is 21.4. The van der Waals surface area contributed by atoms with E-state index in [-0.39, 0.29) is 0 Å². The minimum Gasteiger partial charge on any atom is -0.496 e. The number of ether oxygens (including phenoxy) is 1. The maximum atomic E-state index is 10.6. The van der Waals surface area contributed by atoms with Crippen LogP contribution in [0.4, 0.5) is 0 Å². The summed E-state index contributed by atoms with van der Waals surface area (Å²) in [5.41, 5.74) is 2.06. The quantitative estimate of drug-likeness (QED) is 0.897. The lowest BCUT2D eigenvalue weighted by molar-refractivity contribution is 0.0920. The summed E-state index contributed by atoms with van der Waals surface area (Å²) in [4.78, 5) is 2.43. The highest BCUT2D eigenvalue weighted by molar-refractivity contribution is 5.38. The zero-order valence-electron chi connectivity index (χ0n) is 13.1. The van der Waals surface area contributed by atoms with Crippen LogP contribution in [-0.2, 0) is 0 Å². The molecule has 1 N–H and O–H groups in total. The molecule has 2 atom stereocenters. The number of hydrogen-bond donors (Lipinski definition) is 1. The second-order valence-electron chi connectivity index (χ2n) is 6.21. The Kier molecular flexibility index (Phi) is 5.06. The number of aliphatic hydroxyl groups excluding tert-OH is 1. The van der Waals surface area contributed by atoms with E-state index in [1.807, 2.05) is 25.1 Å². The molecule has 0 saturated carbocycles. The minimum absolute atomic E-state index is 0.482. The molecule has 0 radical (unpaired) electrons. The van der Waals surface area contributed by atoms with E-state index in [1.165, 1.54) is 12.8 Å². The zero-order valence-corrected chi connectivity index (χ0v) is 13.1. The standard InChI is InChI=1S/C17H27NO2/c1-12(2)15-6-5-9-18(15)11-16(19)14-10-13(3)7-8-17(14)20-4/h7-8,10,12,15-16,19H,5-6,9,11H2,1-4H3. The van der Waals surface area contributed by atoms with Crippen molar-refractivity contribution in [1.29, 1.82) is 0 Å². The van der Waals surface area contributed by atoms with Crippen molar-refractivity contribution in [2.24, 2.45) is 5.92 Å². The Hall–Kier alpha value is -1.06. The van der Waals surface area contributed by atoms with Gasteiger partial charge in [0.1, 0.15) is 5.75 Å². The predicted octanol–water partition coefficient (Wildman–Crippen LogP) is 3.16. The van der Waals surface area contributed by atoms with Gasteiger partial charge in [-0.1, -0.05) is 25.5 Å². The van der Waals surface area contributed by atoms with E-state index in [1.54, 1.807) is 7.11 Å². The van der Waals surface area contributed by atoms with Crippen molar-refractivity contribution in [1.82, 2.24) is 4.90 Å². The van der Waals surface area contributed by atoms with E-state index in [0.29, 0.717) is 18.5 Å². The number of aryl methyl sites for hydroxylation is 1. The molecular formula is C17H27NO2. The van der Waals surface area contributed by atoms with Gasteiger partial charge >= 0.3 is 0 Å². The van der Waals surface area contributed by atoms with Crippen LogP contribution < -0.4 is 4.74 Å². The van der Waals surface area contributed by atoms with Gasteiger partial charge < -0.3 is 9.84 Å². The summed E-state index contributed by atoms with van der Waals surface area (Å²) in [6.07, 6.45) is 2.00. The molecule has 1 heterocycles. The van der Waals surface area contributed by atoms with Gasteiger partial charge in [-0.2, -0.15) is 0 Å². The Morgan fingerprint density at radius 3 is 2.80 bits per heavy atom. The molecule has 1 aromatic carbocycles. The first-order valence-electron chi connectivity index (χ1n) is 7.59. The Labute approximate surface area is 122 Å². The van der Waals surface area contributed by atoms with Gasteiger partial charge in [0, 0.05) is 18.2 Å². The Bertz CT molecular complexity index is 445. The van der Waals surface area contributed by atoms with Gasteiger partial charge in [0.05, 0.1) is 13.2 Å². The molecular weight excluding hydrogens is 250 g/mol. The van der Waals surface area contributed by atoms with Gasteiger partial charge in [-0.05, 0) is 44.4 Å². The molecule has 1 aliphatic rings. The molecule has 1 aliphatic heterocycles. The van der Waals surface area contributed by atoms with E-state index in [0.717, 1.165) is 23.4 Å². The average Bonchev–Trinajstić information content (AvgIpc) is 2.87. The molecule has 0 spiro atoms. The summed E-state index contributed by atoms with van der Waals surface area (Å²) in [7, 11) is 1.66. The van der Waals surface area contributed by atoms with Crippen molar-refractivity contribution < 1.29 is 9.84 Å². The molecule has 0 bridgehead atoms. The van der Waals surface area contributed by atoms with E-state index >= 15 is 0 Å². The fourth-order valence-electron chi connectivity index (χ4n) is 3.27. The fraction of sp³-hybridized carbons (Fsp3) is 0.647. The molecule has 0 aliphatic carbocycles. The van der Waals surface area contributed by atoms with Crippen LogP contribution in [0.15, 0.2) is 18.2 Å². The molecule has 0 aromatic heterocycles. The topological polar surface area (TPSA) is 32.7 Å². The minimum atomic E-state index is -0.482. The summed E-state index contributed by atoms with van der Waals surface area (Å²) in [5, 5.41) is 10.6. The largest absolute Gasteiger partial charge is 0.496 e. The van der Waals surface area contributed by atoms with Crippen molar-refractivity contribution in [2.45, 2.75) is 45.8 Å². The first kappa shape index (κ1) is 15.3. The number of rotatable bonds is 5. The monoisotopic (exact) mass is 277 g/mol. The number of nitrogens with zero attached hydrogens (tertiary/aromatic N) is 1. The van der Waals surface area contributed by atoms with Crippen LogP contribution in [0.25, 0.3) is 0 Å². The van der Waals surface area contributed by atoms with Gasteiger partial charge in [0.15, 0.2) is 0 Å². The van der Waals surface area contributed by atoms with Crippen LogP contribution in [0.2, 0.25) is 0 Å². The smallest absolute Gasteiger partial charge is 0.124 e. The first-order valence-corrected chi connectivity index (χ1v) is 7.59. The Balaban J connectivity index is 2.11. The number of likely N-dealkylation sites (tertiary alicyclic amines) is 1. The first-order chi connectivity index (χ1) is 9.52. The summed E-state index contributed by atoms with van der Waals surface area (Å²) >= 11 is 0. The van der Waals surface area contributed by atoms with Crippen LogP contribution in [0.5, 0.6) is 5.75 Å². The third kappa shape index (κ3) is 3.33. The lowest BCUT2D eigenvalue weighted by Crippen LogP contribution is -2.36.